The van der Waals surface area contributed by atoms with Crippen molar-refractivity contribution >= 4 is 11.5 Å². The number of aryl methyl sites for hydroxylation is 2. The first-order valence-corrected chi connectivity index (χ1v) is 7.02. The Bertz CT molecular complexity index is 778. The molecule has 0 aliphatic heterocycles. The van der Waals surface area contributed by atoms with Gasteiger partial charge in [0.15, 0.2) is 0 Å². The topological polar surface area (TPSA) is 55.4 Å². The van der Waals surface area contributed by atoms with E-state index in [4.69, 9.17) is 4.52 Å². The number of allylic oxidation sites excluding steroid dienone is 1. The average molecular weight is 282 g/mol. The van der Waals surface area contributed by atoms with Gasteiger partial charge in [0.2, 0.25) is 0 Å². The van der Waals surface area contributed by atoms with Crippen LogP contribution in [0.1, 0.15) is 24.8 Å². The number of hydrogen-bond donors (Lipinski definition) is 1. The highest BCUT2D eigenvalue weighted by Gasteiger charge is 2.12. The first-order chi connectivity index (χ1) is 10.2. The second-order valence-corrected chi connectivity index (χ2v) is 4.96. The van der Waals surface area contributed by atoms with Crippen LogP contribution in [-0.4, -0.2) is 14.5 Å². The molecule has 5 nitrogen and oxygen atoms in total. The lowest BCUT2D eigenvalue weighted by atomic mass is 10.1. The van der Waals surface area contributed by atoms with Crippen molar-refractivity contribution in [2.24, 2.45) is 0 Å². The second-order valence-electron chi connectivity index (χ2n) is 4.96. The summed E-state index contributed by atoms with van der Waals surface area (Å²) in [4.78, 5) is 4.56. The Morgan fingerprint density at radius 1 is 1.38 bits per heavy atom. The van der Waals surface area contributed by atoms with Crippen molar-refractivity contribution in [3.63, 3.8) is 0 Å². The third-order valence-electron chi connectivity index (χ3n) is 3.37. The fourth-order valence-electron chi connectivity index (χ4n) is 2.36. The summed E-state index contributed by atoms with van der Waals surface area (Å²) < 4.78 is 7.22. The maximum absolute atomic E-state index is 5.23. The summed E-state index contributed by atoms with van der Waals surface area (Å²) in [5.74, 6) is 1.66. The molecule has 5 heteroatoms. The van der Waals surface area contributed by atoms with Gasteiger partial charge in [0.1, 0.15) is 17.2 Å². The molecule has 1 N–H and O–H groups in total. The molecule has 0 aliphatic rings. The summed E-state index contributed by atoms with van der Waals surface area (Å²) in [5.41, 5.74) is 3.90. The Morgan fingerprint density at radius 3 is 2.95 bits per heavy atom. The second kappa shape index (κ2) is 5.44. The molecule has 21 heavy (non-hydrogen) atoms. The summed E-state index contributed by atoms with van der Waals surface area (Å²) in [7, 11) is 0. The molecule has 108 valence electrons. The number of aromatic nitrogens is 3. The predicted octanol–water partition coefficient (Wildman–Crippen LogP) is 3.94. The molecule has 0 unspecified atom stereocenters. The Morgan fingerprint density at radius 2 is 2.24 bits per heavy atom. The molecule has 3 rings (SSSR count). The number of nitrogens with zero attached hydrogens (tertiary/aromatic N) is 3. The van der Waals surface area contributed by atoms with Crippen LogP contribution in [-0.2, 0) is 0 Å². The van der Waals surface area contributed by atoms with Crippen LogP contribution < -0.4 is 5.32 Å². The molecule has 0 aliphatic carbocycles. The highest BCUT2D eigenvalue weighted by atomic mass is 16.5. The van der Waals surface area contributed by atoms with E-state index in [1.54, 1.807) is 0 Å². The predicted molar refractivity (Wildman–Crippen MR) is 83.2 cm³/mol. The standard InChI is InChI=1S/C16H18N4O/c1-4-5-7-17-14-10-20-8-6-13(9-15(20)18-14)16-11(2)19-21-12(16)3/h5-10,17H,4H2,1-3H3/b7-5-. The highest BCUT2D eigenvalue weighted by molar-refractivity contribution is 5.71. The van der Waals surface area contributed by atoms with E-state index in [0.29, 0.717) is 0 Å². The van der Waals surface area contributed by atoms with Crippen LogP contribution in [0, 0.1) is 13.8 Å². The van der Waals surface area contributed by atoms with E-state index >= 15 is 0 Å². The summed E-state index contributed by atoms with van der Waals surface area (Å²) >= 11 is 0. The summed E-state index contributed by atoms with van der Waals surface area (Å²) in [5, 5.41) is 7.17. The molecule has 0 spiro atoms. The maximum atomic E-state index is 5.23. The van der Waals surface area contributed by atoms with E-state index in [-0.39, 0.29) is 0 Å². The van der Waals surface area contributed by atoms with Crippen molar-refractivity contribution in [2.45, 2.75) is 27.2 Å². The number of pyridine rings is 1. The minimum atomic E-state index is 0.827. The quantitative estimate of drug-likeness (QED) is 0.787. The third-order valence-corrected chi connectivity index (χ3v) is 3.37. The van der Waals surface area contributed by atoms with E-state index in [1.807, 2.05) is 49.0 Å². The number of anilines is 1. The van der Waals surface area contributed by atoms with Crippen LogP contribution in [0.5, 0.6) is 0 Å². The molecule has 0 fully saturated rings. The zero-order valence-electron chi connectivity index (χ0n) is 12.4. The normalized spacial score (nSPS) is 11.6. The molecule has 0 amide bonds. The highest BCUT2D eigenvalue weighted by Crippen LogP contribution is 2.27. The van der Waals surface area contributed by atoms with Crippen molar-refractivity contribution in [1.29, 1.82) is 0 Å². The van der Waals surface area contributed by atoms with E-state index in [1.165, 1.54) is 0 Å². The van der Waals surface area contributed by atoms with Crippen LogP contribution in [0.25, 0.3) is 16.8 Å². The number of rotatable bonds is 4. The fourth-order valence-corrected chi connectivity index (χ4v) is 2.36. The summed E-state index contributed by atoms with van der Waals surface area (Å²) in [6, 6.07) is 4.09. The lowest BCUT2D eigenvalue weighted by Crippen LogP contribution is -1.86. The van der Waals surface area contributed by atoms with E-state index < -0.39 is 0 Å². The Balaban J connectivity index is 1.98. The minimum Gasteiger partial charge on any atom is -0.361 e. The van der Waals surface area contributed by atoms with Gasteiger partial charge in [-0.25, -0.2) is 4.98 Å². The van der Waals surface area contributed by atoms with Gasteiger partial charge in [0, 0.05) is 11.8 Å². The molecule has 0 bridgehead atoms. The van der Waals surface area contributed by atoms with Crippen LogP contribution in [0.4, 0.5) is 5.82 Å². The van der Waals surface area contributed by atoms with Crippen LogP contribution in [0.3, 0.4) is 0 Å². The van der Waals surface area contributed by atoms with Gasteiger partial charge < -0.3 is 14.2 Å². The van der Waals surface area contributed by atoms with Gasteiger partial charge >= 0.3 is 0 Å². The van der Waals surface area contributed by atoms with Crippen molar-refractivity contribution in [1.82, 2.24) is 14.5 Å². The molecule has 0 saturated heterocycles. The first-order valence-electron chi connectivity index (χ1n) is 7.02. The zero-order valence-corrected chi connectivity index (χ0v) is 12.4. The molecule has 0 radical (unpaired) electrons. The van der Waals surface area contributed by atoms with Gasteiger partial charge in [-0.2, -0.15) is 0 Å². The summed E-state index contributed by atoms with van der Waals surface area (Å²) in [6.45, 7) is 5.97. The first kappa shape index (κ1) is 13.4. The molecule has 3 aromatic rings. The molecule has 0 atom stereocenters. The minimum absolute atomic E-state index is 0.827. The van der Waals surface area contributed by atoms with Crippen molar-refractivity contribution in [3.05, 3.63) is 48.3 Å². The monoisotopic (exact) mass is 282 g/mol. The SMILES string of the molecule is CC/C=C\Nc1cn2ccc(-c3c(C)noc3C)cc2n1. The van der Waals surface area contributed by atoms with Gasteiger partial charge in [-0.15, -0.1) is 0 Å². The molecular weight excluding hydrogens is 264 g/mol. The van der Waals surface area contributed by atoms with Gasteiger partial charge in [0.05, 0.1) is 11.9 Å². The van der Waals surface area contributed by atoms with Gasteiger partial charge in [0.25, 0.3) is 0 Å². The molecule has 3 heterocycles. The van der Waals surface area contributed by atoms with Gasteiger partial charge in [-0.1, -0.05) is 18.2 Å². The number of hydrogen-bond acceptors (Lipinski definition) is 4. The molecule has 0 aromatic carbocycles. The largest absolute Gasteiger partial charge is 0.361 e. The van der Waals surface area contributed by atoms with Crippen molar-refractivity contribution < 1.29 is 4.52 Å². The third kappa shape index (κ3) is 2.54. The van der Waals surface area contributed by atoms with Crippen LogP contribution in [0.2, 0.25) is 0 Å². The van der Waals surface area contributed by atoms with Gasteiger partial charge in [-0.05, 0) is 44.2 Å². The van der Waals surface area contributed by atoms with Crippen molar-refractivity contribution in [3.8, 4) is 11.1 Å². The average Bonchev–Trinajstić information content (AvgIpc) is 3.01. The lowest BCUT2D eigenvalue weighted by Gasteiger charge is -2.00. The van der Waals surface area contributed by atoms with E-state index in [0.717, 1.165) is 40.5 Å². The van der Waals surface area contributed by atoms with E-state index in [9.17, 15) is 0 Å². The molecule has 0 saturated carbocycles. The molecule has 3 aromatic heterocycles. The Hall–Kier alpha value is -2.56. The number of imidazole rings is 1. The Kier molecular flexibility index (Phi) is 3.48. The Labute approximate surface area is 123 Å². The smallest absolute Gasteiger partial charge is 0.149 e. The molecular formula is C16H18N4O. The number of fused-ring (bicyclic) bond motifs is 1. The van der Waals surface area contributed by atoms with Crippen LogP contribution >= 0.6 is 0 Å². The van der Waals surface area contributed by atoms with E-state index in [2.05, 4.69) is 28.5 Å². The summed E-state index contributed by atoms with van der Waals surface area (Å²) in [6.07, 6.45) is 8.93. The lowest BCUT2D eigenvalue weighted by molar-refractivity contribution is 0.393. The maximum Gasteiger partial charge on any atom is 0.149 e. The number of nitrogens with one attached hydrogen (secondary N) is 1. The fraction of sp³-hybridized carbons (Fsp3) is 0.250. The zero-order chi connectivity index (χ0) is 14.8. The van der Waals surface area contributed by atoms with Crippen LogP contribution in [0.15, 0.2) is 41.3 Å². The van der Waals surface area contributed by atoms with Crippen molar-refractivity contribution in [2.75, 3.05) is 5.32 Å². The van der Waals surface area contributed by atoms with Gasteiger partial charge in [-0.3, -0.25) is 0 Å².